The third kappa shape index (κ3) is 4.28. The van der Waals surface area contributed by atoms with Crippen LogP contribution in [0.15, 0.2) is 70.0 Å². The normalized spacial score (nSPS) is 15.1. The third-order valence-electron chi connectivity index (χ3n) is 4.68. The van der Waals surface area contributed by atoms with Crippen LogP contribution in [-0.4, -0.2) is 44.9 Å². The number of furan rings is 1. The van der Waals surface area contributed by atoms with Gasteiger partial charge in [-0.1, -0.05) is 0 Å². The number of anilines is 1. The largest absolute Gasteiger partial charge is 0.451 e. The number of halogens is 1. The first kappa shape index (κ1) is 20.3. The van der Waals surface area contributed by atoms with Crippen LogP contribution >= 0.6 is 0 Å². The average Bonchev–Trinajstić information content (AvgIpc) is 3.26. The predicted octanol–water partition coefficient (Wildman–Crippen LogP) is 3.36. The van der Waals surface area contributed by atoms with E-state index in [0.29, 0.717) is 43.3 Å². The Kier molecular flexibility index (Phi) is 5.67. The zero-order valence-corrected chi connectivity index (χ0v) is 16.7. The lowest BCUT2D eigenvalue weighted by molar-refractivity contribution is 0.0730. The van der Waals surface area contributed by atoms with Crippen LogP contribution in [0.3, 0.4) is 0 Å². The Labute approximate surface area is 173 Å². The molecule has 156 valence electrons. The minimum absolute atomic E-state index is 0.0827. The average molecular weight is 430 g/mol. The molecule has 0 bridgehead atoms. The summed E-state index contributed by atoms with van der Waals surface area (Å²) in [6.45, 7) is 1.37. The second-order valence-electron chi connectivity index (χ2n) is 6.67. The van der Waals surface area contributed by atoms with Crippen LogP contribution in [0.5, 0.6) is 0 Å². The van der Waals surface area contributed by atoms with Gasteiger partial charge in [0.2, 0.25) is 10.0 Å². The Bertz CT molecular complexity index is 1130. The van der Waals surface area contributed by atoms with Crippen molar-refractivity contribution in [2.45, 2.75) is 4.90 Å². The number of rotatable bonds is 5. The fourth-order valence-electron chi connectivity index (χ4n) is 3.07. The van der Waals surface area contributed by atoms with Crippen LogP contribution in [0.4, 0.5) is 10.1 Å². The lowest BCUT2D eigenvalue weighted by atomic mass is 10.2. The van der Waals surface area contributed by atoms with Gasteiger partial charge < -0.3 is 14.5 Å². The van der Waals surface area contributed by atoms with Crippen LogP contribution < -0.4 is 5.32 Å². The topological polar surface area (TPSA) is 88.9 Å². The van der Waals surface area contributed by atoms with Gasteiger partial charge in [-0.25, -0.2) is 12.8 Å². The quantitative estimate of drug-likeness (QED) is 0.671. The summed E-state index contributed by atoms with van der Waals surface area (Å²) in [7, 11) is -3.59. The van der Waals surface area contributed by atoms with Crippen LogP contribution in [0.1, 0.15) is 10.6 Å². The van der Waals surface area contributed by atoms with Crippen molar-refractivity contribution in [3.05, 3.63) is 72.2 Å². The molecule has 1 N–H and O–H groups in total. The zero-order valence-electron chi connectivity index (χ0n) is 15.9. The standard InChI is InChI=1S/C21H19FN2O5S/c22-16-3-1-15(2-4-16)19-9-10-20(29-19)21(25)23-17-5-7-18(8-6-17)30(26,27)24-11-13-28-14-12-24/h1-10H,11-14H2,(H,23,25). The van der Waals surface area contributed by atoms with Gasteiger partial charge in [0.25, 0.3) is 5.91 Å². The first-order valence-electron chi connectivity index (χ1n) is 9.28. The van der Waals surface area contributed by atoms with Crippen molar-refractivity contribution >= 4 is 21.6 Å². The molecule has 2 aromatic carbocycles. The van der Waals surface area contributed by atoms with Gasteiger partial charge in [-0.2, -0.15) is 4.31 Å². The molecule has 0 atom stereocenters. The van der Waals surface area contributed by atoms with E-state index >= 15 is 0 Å². The van der Waals surface area contributed by atoms with E-state index in [2.05, 4.69) is 5.32 Å². The smallest absolute Gasteiger partial charge is 0.291 e. The van der Waals surface area contributed by atoms with Gasteiger partial charge in [-0.05, 0) is 60.7 Å². The number of nitrogens with zero attached hydrogens (tertiary/aromatic N) is 1. The van der Waals surface area contributed by atoms with Crippen molar-refractivity contribution < 1.29 is 26.8 Å². The molecule has 0 spiro atoms. The van der Waals surface area contributed by atoms with Crippen molar-refractivity contribution in [3.8, 4) is 11.3 Å². The molecule has 4 rings (SSSR count). The molecular weight excluding hydrogens is 411 g/mol. The molecule has 30 heavy (non-hydrogen) atoms. The second kappa shape index (κ2) is 8.39. The Balaban J connectivity index is 1.44. The Morgan fingerprint density at radius 1 is 0.933 bits per heavy atom. The Morgan fingerprint density at radius 3 is 2.27 bits per heavy atom. The fourth-order valence-corrected chi connectivity index (χ4v) is 4.48. The maximum atomic E-state index is 13.0. The SMILES string of the molecule is O=C(Nc1ccc(S(=O)(=O)N2CCOCC2)cc1)c1ccc(-c2ccc(F)cc2)o1. The number of sulfonamides is 1. The van der Waals surface area contributed by atoms with E-state index < -0.39 is 15.9 Å². The first-order valence-corrected chi connectivity index (χ1v) is 10.7. The van der Waals surface area contributed by atoms with Gasteiger partial charge in [0, 0.05) is 24.3 Å². The van der Waals surface area contributed by atoms with E-state index in [1.54, 1.807) is 18.2 Å². The summed E-state index contributed by atoms with van der Waals surface area (Å²) in [6.07, 6.45) is 0. The predicted molar refractivity (Wildman–Crippen MR) is 108 cm³/mol. The molecule has 1 aliphatic rings. The highest BCUT2D eigenvalue weighted by Gasteiger charge is 2.26. The number of ether oxygens (including phenoxy) is 1. The maximum absolute atomic E-state index is 13.0. The van der Waals surface area contributed by atoms with E-state index in [1.165, 1.54) is 46.8 Å². The molecule has 1 aliphatic heterocycles. The van der Waals surface area contributed by atoms with Crippen molar-refractivity contribution in [2.24, 2.45) is 0 Å². The van der Waals surface area contributed by atoms with Crippen LogP contribution in [0.2, 0.25) is 0 Å². The maximum Gasteiger partial charge on any atom is 0.291 e. The fraction of sp³-hybridized carbons (Fsp3) is 0.190. The highest BCUT2D eigenvalue weighted by molar-refractivity contribution is 7.89. The van der Waals surface area contributed by atoms with Crippen LogP contribution in [-0.2, 0) is 14.8 Å². The number of benzene rings is 2. The summed E-state index contributed by atoms with van der Waals surface area (Å²) < 4.78 is 50.5. The Hall–Kier alpha value is -3.01. The van der Waals surface area contributed by atoms with E-state index in [0.717, 1.165) is 0 Å². The summed E-state index contributed by atoms with van der Waals surface area (Å²) in [4.78, 5) is 12.6. The highest BCUT2D eigenvalue weighted by atomic mass is 32.2. The molecule has 0 radical (unpaired) electrons. The summed E-state index contributed by atoms with van der Waals surface area (Å²) in [5.41, 5.74) is 1.08. The summed E-state index contributed by atoms with van der Waals surface area (Å²) in [5, 5.41) is 2.67. The van der Waals surface area contributed by atoms with Crippen molar-refractivity contribution in [1.29, 1.82) is 0 Å². The van der Waals surface area contributed by atoms with Crippen molar-refractivity contribution in [3.63, 3.8) is 0 Å². The number of hydrogen-bond acceptors (Lipinski definition) is 5. The van der Waals surface area contributed by atoms with E-state index in [1.807, 2.05) is 0 Å². The molecule has 3 aromatic rings. The molecule has 9 heteroatoms. The first-order chi connectivity index (χ1) is 14.4. The molecule has 1 amide bonds. The lowest BCUT2D eigenvalue weighted by Gasteiger charge is -2.26. The molecule has 0 saturated carbocycles. The molecule has 1 saturated heterocycles. The minimum Gasteiger partial charge on any atom is -0.451 e. The molecular formula is C21H19FN2O5S. The second-order valence-corrected chi connectivity index (χ2v) is 8.60. The highest BCUT2D eigenvalue weighted by Crippen LogP contribution is 2.24. The lowest BCUT2D eigenvalue weighted by Crippen LogP contribution is -2.40. The van der Waals surface area contributed by atoms with Gasteiger partial charge in [0.1, 0.15) is 11.6 Å². The van der Waals surface area contributed by atoms with E-state index in [4.69, 9.17) is 9.15 Å². The van der Waals surface area contributed by atoms with Gasteiger partial charge in [0.15, 0.2) is 5.76 Å². The number of nitrogens with one attached hydrogen (secondary N) is 1. The molecule has 2 heterocycles. The van der Waals surface area contributed by atoms with Gasteiger partial charge in [-0.15, -0.1) is 0 Å². The molecule has 0 unspecified atom stereocenters. The Morgan fingerprint density at radius 2 is 1.60 bits per heavy atom. The van der Waals surface area contributed by atoms with Crippen LogP contribution in [0.25, 0.3) is 11.3 Å². The van der Waals surface area contributed by atoms with E-state index in [-0.39, 0.29) is 16.5 Å². The summed E-state index contributed by atoms with van der Waals surface area (Å²) >= 11 is 0. The van der Waals surface area contributed by atoms with Gasteiger partial charge in [0.05, 0.1) is 18.1 Å². The number of carbonyl (C=O) groups is 1. The van der Waals surface area contributed by atoms with Gasteiger partial charge in [-0.3, -0.25) is 4.79 Å². The molecule has 0 aliphatic carbocycles. The van der Waals surface area contributed by atoms with Gasteiger partial charge >= 0.3 is 0 Å². The number of amides is 1. The number of hydrogen-bond donors (Lipinski definition) is 1. The van der Waals surface area contributed by atoms with E-state index in [9.17, 15) is 17.6 Å². The van der Waals surface area contributed by atoms with Crippen molar-refractivity contribution in [2.75, 3.05) is 31.6 Å². The molecule has 1 fully saturated rings. The van der Waals surface area contributed by atoms with Crippen molar-refractivity contribution in [1.82, 2.24) is 4.31 Å². The molecule has 1 aromatic heterocycles. The summed E-state index contributed by atoms with van der Waals surface area (Å²) in [5.74, 6) is -0.319. The monoisotopic (exact) mass is 430 g/mol. The van der Waals surface area contributed by atoms with Crippen LogP contribution in [0, 0.1) is 5.82 Å². The zero-order chi connectivity index (χ0) is 21.1. The minimum atomic E-state index is -3.59. The number of morpholine rings is 1. The summed E-state index contributed by atoms with van der Waals surface area (Å²) in [6, 6.07) is 14.8. The third-order valence-corrected chi connectivity index (χ3v) is 6.59. The molecule has 7 nitrogen and oxygen atoms in total. The number of carbonyl (C=O) groups excluding carboxylic acids is 1.